The third kappa shape index (κ3) is 3.20. The first kappa shape index (κ1) is 14.2. The molecule has 1 atom stereocenters. The van der Waals surface area contributed by atoms with Crippen molar-refractivity contribution in [2.45, 2.75) is 19.4 Å². The number of amides is 3. The molecule has 1 aliphatic rings. The van der Waals surface area contributed by atoms with Crippen molar-refractivity contribution in [2.75, 3.05) is 25.1 Å². The van der Waals surface area contributed by atoms with Gasteiger partial charge in [-0.05, 0) is 19.1 Å². The number of anilines is 1. The van der Waals surface area contributed by atoms with Gasteiger partial charge in [-0.2, -0.15) is 0 Å². The summed E-state index contributed by atoms with van der Waals surface area (Å²) in [4.78, 5) is 25.2. The Bertz CT molecular complexity index is 504. The maximum atomic E-state index is 12.0. The lowest BCUT2D eigenvalue weighted by atomic mass is 10.2. The zero-order chi connectivity index (χ0) is 14.5. The van der Waals surface area contributed by atoms with Crippen LogP contribution >= 0.6 is 0 Å². The molecule has 1 aliphatic heterocycles. The van der Waals surface area contributed by atoms with Crippen LogP contribution in [0.1, 0.15) is 13.3 Å². The summed E-state index contributed by atoms with van der Waals surface area (Å²) in [7, 11) is 1.59. The van der Waals surface area contributed by atoms with E-state index in [9.17, 15) is 9.59 Å². The van der Waals surface area contributed by atoms with Crippen molar-refractivity contribution in [3.05, 3.63) is 24.3 Å². The molecule has 6 heteroatoms. The Morgan fingerprint density at radius 1 is 1.50 bits per heavy atom. The first-order valence-electron chi connectivity index (χ1n) is 6.62. The monoisotopic (exact) mass is 277 g/mol. The van der Waals surface area contributed by atoms with E-state index in [-0.39, 0.29) is 18.0 Å². The minimum Gasteiger partial charge on any atom is -0.497 e. The summed E-state index contributed by atoms with van der Waals surface area (Å²) in [6, 6.07) is 6.93. The summed E-state index contributed by atoms with van der Waals surface area (Å²) in [5.74, 6) is 0.704. The van der Waals surface area contributed by atoms with Crippen LogP contribution in [0.5, 0.6) is 5.75 Å². The molecule has 1 heterocycles. The maximum Gasteiger partial charge on any atom is 0.315 e. The van der Waals surface area contributed by atoms with Gasteiger partial charge in [0.25, 0.3) is 0 Å². The van der Waals surface area contributed by atoms with Crippen LogP contribution < -0.4 is 20.3 Å². The molecular weight excluding hydrogens is 258 g/mol. The van der Waals surface area contributed by atoms with Gasteiger partial charge in [0.2, 0.25) is 5.91 Å². The van der Waals surface area contributed by atoms with Crippen LogP contribution in [-0.2, 0) is 4.79 Å². The molecule has 0 saturated carbocycles. The van der Waals surface area contributed by atoms with Gasteiger partial charge in [-0.1, -0.05) is 6.07 Å². The quantitative estimate of drug-likeness (QED) is 0.866. The van der Waals surface area contributed by atoms with E-state index in [4.69, 9.17) is 4.74 Å². The summed E-state index contributed by atoms with van der Waals surface area (Å²) in [6.45, 7) is 2.89. The lowest BCUT2D eigenvalue weighted by molar-refractivity contribution is -0.117. The molecule has 0 aromatic heterocycles. The molecule has 1 aromatic carbocycles. The van der Waals surface area contributed by atoms with E-state index in [2.05, 4.69) is 10.6 Å². The van der Waals surface area contributed by atoms with E-state index in [1.165, 1.54) is 0 Å². The molecule has 1 aromatic rings. The van der Waals surface area contributed by atoms with Crippen molar-refractivity contribution in [2.24, 2.45) is 0 Å². The number of nitrogens with zero attached hydrogens (tertiary/aromatic N) is 1. The van der Waals surface area contributed by atoms with Gasteiger partial charge in [-0.25, -0.2) is 4.79 Å². The molecule has 2 rings (SSSR count). The van der Waals surface area contributed by atoms with Gasteiger partial charge in [0.1, 0.15) is 5.75 Å². The highest BCUT2D eigenvalue weighted by molar-refractivity contribution is 5.97. The number of carbonyl (C=O) groups is 2. The molecule has 108 valence electrons. The molecular formula is C14H19N3O3. The van der Waals surface area contributed by atoms with Gasteiger partial charge in [-0.3, -0.25) is 4.79 Å². The molecule has 0 radical (unpaired) electrons. The van der Waals surface area contributed by atoms with Crippen molar-refractivity contribution in [1.29, 1.82) is 0 Å². The Kier molecular flexibility index (Phi) is 4.45. The second kappa shape index (κ2) is 6.27. The molecule has 20 heavy (non-hydrogen) atoms. The number of methoxy groups -OCH3 is 1. The smallest absolute Gasteiger partial charge is 0.315 e. The Morgan fingerprint density at radius 3 is 3.00 bits per heavy atom. The average Bonchev–Trinajstić information content (AvgIpc) is 2.79. The number of ether oxygens (including phenoxy) is 1. The third-order valence-corrected chi connectivity index (χ3v) is 3.16. The van der Waals surface area contributed by atoms with Crippen LogP contribution in [0.2, 0.25) is 0 Å². The molecule has 1 fully saturated rings. The van der Waals surface area contributed by atoms with E-state index in [1.54, 1.807) is 12.0 Å². The van der Waals surface area contributed by atoms with Crippen molar-refractivity contribution >= 4 is 17.6 Å². The first-order chi connectivity index (χ1) is 9.63. The molecule has 0 spiro atoms. The Labute approximate surface area is 118 Å². The third-order valence-electron chi connectivity index (χ3n) is 3.16. The van der Waals surface area contributed by atoms with Gasteiger partial charge in [0.05, 0.1) is 13.2 Å². The number of hydrogen-bond donors (Lipinski definition) is 2. The average molecular weight is 277 g/mol. The fraction of sp³-hybridized carbons (Fsp3) is 0.429. The van der Waals surface area contributed by atoms with Gasteiger partial charge >= 0.3 is 6.03 Å². The molecule has 0 aliphatic carbocycles. The van der Waals surface area contributed by atoms with Crippen LogP contribution in [0.25, 0.3) is 0 Å². The lowest BCUT2D eigenvalue weighted by Crippen LogP contribution is -2.43. The second-order valence-corrected chi connectivity index (χ2v) is 4.61. The van der Waals surface area contributed by atoms with E-state index in [0.717, 1.165) is 5.69 Å². The predicted octanol–water partition coefficient (Wildman–Crippen LogP) is 1.12. The first-order valence-corrected chi connectivity index (χ1v) is 6.62. The van der Waals surface area contributed by atoms with Gasteiger partial charge in [0.15, 0.2) is 0 Å². The predicted molar refractivity (Wildman–Crippen MR) is 76.0 cm³/mol. The maximum absolute atomic E-state index is 12.0. The lowest BCUT2D eigenvalue weighted by Gasteiger charge is -2.18. The highest BCUT2D eigenvalue weighted by atomic mass is 16.5. The number of urea groups is 1. The minimum absolute atomic E-state index is 0.0000477. The SMILES string of the molecule is CCNC(=O)N[C@H]1CC(=O)N(c2cccc(OC)c2)C1. The number of carbonyl (C=O) groups excluding carboxylic acids is 2. The molecule has 1 saturated heterocycles. The topological polar surface area (TPSA) is 70.7 Å². The van der Waals surface area contributed by atoms with Crippen molar-refractivity contribution < 1.29 is 14.3 Å². The summed E-state index contributed by atoms with van der Waals surface area (Å²) in [5, 5.41) is 5.45. The Hall–Kier alpha value is -2.24. The van der Waals surface area contributed by atoms with Crippen LogP contribution in [-0.4, -0.2) is 38.2 Å². The van der Waals surface area contributed by atoms with E-state index in [1.807, 2.05) is 31.2 Å². The van der Waals surface area contributed by atoms with Gasteiger partial charge in [-0.15, -0.1) is 0 Å². The summed E-state index contributed by atoms with van der Waals surface area (Å²) in [5.41, 5.74) is 0.787. The minimum atomic E-state index is -0.238. The standard InChI is InChI=1S/C14H19N3O3/c1-3-15-14(19)16-10-7-13(18)17(9-10)11-5-4-6-12(8-11)20-2/h4-6,8,10H,3,7,9H2,1-2H3,(H2,15,16,19)/t10-/m0/s1. The fourth-order valence-electron chi connectivity index (χ4n) is 2.23. The molecule has 0 unspecified atom stereocenters. The molecule has 6 nitrogen and oxygen atoms in total. The van der Waals surface area contributed by atoms with Crippen LogP contribution in [0, 0.1) is 0 Å². The highest BCUT2D eigenvalue weighted by Crippen LogP contribution is 2.25. The van der Waals surface area contributed by atoms with Crippen molar-refractivity contribution in [1.82, 2.24) is 10.6 Å². The normalized spacial score (nSPS) is 18.0. The largest absolute Gasteiger partial charge is 0.497 e. The highest BCUT2D eigenvalue weighted by Gasteiger charge is 2.31. The number of benzene rings is 1. The molecule has 0 bridgehead atoms. The zero-order valence-corrected chi connectivity index (χ0v) is 11.7. The Morgan fingerprint density at radius 2 is 2.30 bits per heavy atom. The van der Waals surface area contributed by atoms with Crippen molar-refractivity contribution in [3.8, 4) is 5.75 Å². The van der Waals surface area contributed by atoms with E-state index >= 15 is 0 Å². The molecule has 2 N–H and O–H groups in total. The van der Waals surface area contributed by atoms with Crippen molar-refractivity contribution in [3.63, 3.8) is 0 Å². The Balaban J connectivity index is 2.03. The van der Waals surface area contributed by atoms with Gasteiger partial charge < -0.3 is 20.3 Å². The van der Waals surface area contributed by atoms with E-state index < -0.39 is 0 Å². The fourth-order valence-corrected chi connectivity index (χ4v) is 2.23. The summed E-state index contributed by atoms with van der Waals surface area (Å²) in [6.07, 6.45) is 0.314. The number of hydrogen-bond acceptors (Lipinski definition) is 3. The molecule has 3 amide bonds. The van der Waals surface area contributed by atoms with Gasteiger partial charge in [0, 0.05) is 31.3 Å². The summed E-state index contributed by atoms with van der Waals surface area (Å²) >= 11 is 0. The zero-order valence-electron chi connectivity index (χ0n) is 11.7. The number of rotatable bonds is 4. The second-order valence-electron chi connectivity index (χ2n) is 4.61. The number of nitrogens with one attached hydrogen (secondary N) is 2. The van der Waals surface area contributed by atoms with Crippen LogP contribution in [0.4, 0.5) is 10.5 Å². The van der Waals surface area contributed by atoms with Crippen LogP contribution in [0.15, 0.2) is 24.3 Å². The van der Waals surface area contributed by atoms with E-state index in [0.29, 0.717) is 25.3 Å². The summed E-state index contributed by atoms with van der Waals surface area (Å²) < 4.78 is 5.16. The van der Waals surface area contributed by atoms with Crippen LogP contribution in [0.3, 0.4) is 0 Å².